The van der Waals surface area contributed by atoms with Crippen LogP contribution in [0, 0.1) is 0 Å². The Hall–Kier alpha value is -1.64. The highest BCUT2D eigenvalue weighted by atomic mass is 18.1. The minimum absolute atomic E-state index is 0. The summed E-state index contributed by atoms with van der Waals surface area (Å²) >= 11 is 0. The highest BCUT2D eigenvalue weighted by molar-refractivity contribution is 5.78. The monoisotopic (exact) mass is 657 g/mol. The largest absolute Gasteiger partial charge is 0.304 e. The first kappa shape index (κ1) is 43.4. The standard InChI is InChI=1S/4C8H16N2O.CH4/c4*1-8(11)7-10-5-3-9(2)4-6-10;/h4*3-7H2,1-2H3;1H4/i3+1,5+1,8+1,10+1;3+1,5+1,7+1,10+1;7+1,10+1,11+2;7+1,8+1,11+2;. The second-order valence-electron chi connectivity index (χ2n) is 13.1. The summed E-state index contributed by atoms with van der Waals surface area (Å²) in [7, 11) is 8.46. The Morgan fingerprint density at radius 3 is 0.733 bits per heavy atom. The molecule has 0 aromatic heterocycles. The molecular weight excluding hydrogens is 588 g/mol. The molecule has 0 atom stereocenters. The minimum atomic E-state index is 0. The molecule has 4 aliphatic heterocycles. The lowest BCUT2D eigenvalue weighted by Crippen LogP contribution is -2.45. The smallest absolute Gasteiger partial charge is 0.143 e. The van der Waals surface area contributed by atoms with Gasteiger partial charge < -0.3 is 19.6 Å². The van der Waals surface area contributed by atoms with Gasteiger partial charge in [-0.05, 0) is 55.9 Å². The fourth-order valence-corrected chi connectivity index (χ4v) is 5.28. The Kier molecular flexibility index (Phi) is 23.6. The summed E-state index contributed by atoms with van der Waals surface area (Å²) in [6, 6.07) is 0. The molecule has 0 aliphatic carbocycles. The van der Waals surface area contributed by atoms with Crippen LogP contribution >= 0.6 is 0 Å². The average Bonchev–Trinajstić information content (AvgIpc) is 2.94. The van der Waals surface area contributed by atoms with Gasteiger partial charge in [0.25, 0.3) is 0 Å². The van der Waals surface area contributed by atoms with Crippen molar-refractivity contribution in [1.29, 1.82) is 0 Å². The van der Waals surface area contributed by atoms with Crippen molar-refractivity contribution in [2.24, 2.45) is 0 Å². The van der Waals surface area contributed by atoms with E-state index in [1.807, 2.05) is 0 Å². The van der Waals surface area contributed by atoms with Crippen LogP contribution in [-0.4, -0.2) is 221 Å². The van der Waals surface area contributed by atoms with Gasteiger partial charge in [0.2, 0.25) is 0 Å². The third-order valence-corrected chi connectivity index (χ3v) is 8.17. The molecular formula is C33H68N8O4. The van der Waals surface area contributed by atoms with Crippen LogP contribution < -0.4 is 0 Å². The number of hydrogen-bond donors (Lipinski definition) is 0. The van der Waals surface area contributed by atoms with Crippen LogP contribution in [0.2, 0.25) is 0 Å². The molecule has 0 bridgehead atoms. The van der Waals surface area contributed by atoms with Crippen molar-refractivity contribution < 1.29 is 19.2 Å². The van der Waals surface area contributed by atoms with Crippen LogP contribution in [-0.2, 0) is 19.2 Å². The number of ketones is 4. The first-order valence-corrected chi connectivity index (χ1v) is 16.3. The van der Waals surface area contributed by atoms with Crippen molar-refractivity contribution in [1.82, 2.24) is 39.2 Å². The van der Waals surface area contributed by atoms with E-state index < -0.39 is 0 Å². The van der Waals surface area contributed by atoms with Crippen LogP contribution in [0.15, 0.2) is 0 Å². The molecule has 4 heterocycles. The molecule has 45 heavy (non-hydrogen) atoms. The predicted octanol–water partition coefficient (Wildman–Crippen LogP) is -0.0727. The highest BCUT2D eigenvalue weighted by Gasteiger charge is 2.16. The van der Waals surface area contributed by atoms with Gasteiger partial charge in [-0.2, -0.15) is 0 Å². The molecule has 4 saturated heterocycles. The van der Waals surface area contributed by atoms with Gasteiger partial charge in [-0.25, -0.2) is 0 Å². The lowest BCUT2D eigenvalue weighted by atomic mass is 10.4. The van der Waals surface area contributed by atoms with Gasteiger partial charge in [-0.3, -0.25) is 38.8 Å². The SMILES string of the molecule is C.CC(=O)[13CH2][15N]1CCN(C)[13CH2][13CH2]1.CC(=[18O])[13CH2][15N]1CCN(C)CC1.C[13C](=O)C[15N]1CCN(C)[13CH2][13CH2]1.C[13C](=[18O])[13CH2]N1CCN(C)CC1. The maximum absolute atomic E-state index is 10.7. The third kappa shape index (κ3) is 23.4. The molecule has 264 valence electrons. The molecule has 4 aliphatic rings. The summed E-state index contributed by atoms with van der Waals surface area (Å²) < 4.78 is 0. The normalized spacial score (nSPS) is 21.5. The first-order valence-electron chi connectivity index (χ1n) is 16.3. The van der Waals surface area contributed by atoms with E-state index in [0.29, 0.717) is 26.2 Å². The summed E-state index contributed by atoms with van der Waals surface area (Å²) in [4.78, 5) is 60.9. The number of Topliss-reactive ketones (excluding diaryl/α,β-unsaturated/α-hetero) is 4. The van der Waals surface area contributed by atoms with Gasteiger partial charge in [-0.1, -0.05) is 7.43 Å². The van der Waals surface area contributed by atoms with Crippen molar-refractivity contribution in [2.45, 2.75) is 35.1 Å². The van der Waals surface area contributed by atoms with E-state index in [0.717, 1.165) is 105 Å². The highest BCUT2D eigenvalue weighted by Crippen LogP contribution is 2.00. The molecule has 0 spiro atoms. The molecule has 0 amide bonds. The van der Waals surface area contributed by atoms with Gasteiger partial charge >= 0.3 is 0 Å². The summed E-state index contributed by atoms with van der Waals surface area (Å²) in [5, 5.41) is 0. The molecule has 0 unspecified atom stereocenters. The van der Waals surface area contributed by atoms with Gasteiger partial charge in [0.15, 0.2) is 0 Å². The number of carbonyl (C=O) groups excluding carboxylic acids is 4. The molecule has 12 heteroatoms. The Labute approximate surface area is 275 Å². The number of likely N-dealkylation sites (N-methyl/N-ethyl adjacent to an activating group) is 4. The zero-order valence-corrected chi connectivity index (χ0v) is 29.4. The number of rotatable bonds is 8. The summed E-state index contributed by atoms with van der Waals surface area (Å²) in [6.07, 6.45) is 0. The van der Waals surface area contributed by atoms with Crippen molar-refractivity contribution in [3.8, 4) is 0 Å². The molecule has 12 nitrogen and oxygen atoms in total. The van der Waals surface area contributed by atoms with Gasteiger partial charge in [-0.15, -0.1) is 0 Å². The van der Waals surface area contributed by atoms with Crippen molar-refractivity contribution in [2.75, 3.05) is 159 Å². The minimum Gasteiger partial charge on any atom is -0.304 e. The quantitative estimate of drug-likeness (QED) is 0.199. The second-order valence-corrected chi connectivity index (χ2v) is 13.1. The van der Waals surface area contributed by atoms with Crippen LogP contribution in [0.5, 0.6) is 0 Å². The van der Waals surface area contributed by atoms with Crippen molar-refractivity contribution in [3.05, 3.63) is 0 Å². The molecule has 4 rings (SSSR count). The molecule has 0 saturated carbocycles. The van der Waals surface area contributed by atoms with Crippen LogP contribution in [0.3, 0.4) is 0 Å². The van der Waals surface area contributed by atoms with Crippen LogP contribution in [0.1, 0.15) is 35.1 Å². The zero-order valence-electron chi connectivity index (χ0n) is 29.4. The van der Waals surface area contributed by atoms with Crippen molar-refractivity contribution >= 4 is 23.1 Å². The Bertz CT molecular complexity index is 693. The van der Waals surface area contributed by atoms with Crippen LogP contribution in [0.4, 0.5) is 0 Å². The molecule has 0 aromatic carbocycles. The van der Waals surface area contributed by atoms with E-state index in [9.17, 15) is 19.2 Å². The third-order valence-electron chi connectivity index (χ3n) is 8.17. The van der Waals surface area contributed by atoms with Gasteiger partial charge in [0.1, 0.15) is 23.1 Å². The Morgan fingerprint density at radius 1 is 0.400 bits per heavy atom. The topological polar surface area (TPSA) is 94.2 Å². The van der Waals surface area contributed by atoms with E-state index in [2.05, 4.69) is 67.4 Å². The molecule has 4 fully saturated rings. The Balaban J connectivity index is 0.000000569. The van der Waals surface area contributed by atoms with Crippen LogP contribution in [0.25, 0.3) is 0 Å². The Morgan fingerprint density at radius 2 is 0.578 bits per heavy atom. The molecule has 0 aromatic rings. The summed E-state index contributed by atoms with van der Waals surface area (Å²) in [6.45, 7) is 26.2. The number of piperazine rings is 4. The van der Waals surface area contributed by atoms with Gasteiger partial charge in [0, 0.05) is 105 Å². The predicted molar refractivity (Wildman–Crippen MR) is 185 cm³/mol. The maximum atomic E-state index is 10.7. The summed E-state index contributed by atoms with van der Waals surface area (Å²) in [5.74, 6) is 1.09. The lowest BCUT2D eigenvalue weighted by Gasteiger charge is -2.31. The number of nitrogens with zero attached hydrogens (tertiary/aromatic N) is 8. The first-order chi connectivity index (χ1) is 20.7. The maximum Gasteiger partial charge on any atom is 0.143 e. The average molecular weight is 657 g/mol. The fraction of sp³-hybridized carbons (Fsp3) is 0.879. The second kappa shape index (κ2) is 24.5. The number of hydrogen-bond acceptors (Lipinski definition) is 12. The van der Waals surface area contributed by atoms with E-state index >= 15 is 0 Å². The zero-order chi connectivity index (χ0) is 33.1. The van der Waals surface area contributed by atoms with E-state index in [4.69, 9.17) is 0 Å². The van der Waals surface area contributed by atoms with E-state index in [1.54, 1.807) is 27.7 Å². The van der Waals surface area contributed by atoms with E-state index in [1.165, 1.54) is 0 Å². The lowest BCUT2D eigenvalue weighted by molar-refractivity contribution is -0.119. The van der Waals surface area contributed by atoms with E-state index in [-0.39, 0.29) is 30.6 Å². The summed E-state index contributed by atoms with van der Waals surface area (Å²) in [5.41, 5.74) is 0. The fourth-order valence-electron chi connectivity index (χ4n) is 5.28. The number of carbonyl (C=O) groups is 4. The molecule has 0 N–H and O–H groups in total. The molecule has 0 radical (unpaired) electrons. The van der Waals surface area contributed by atoms with Crippen molar-refractivity contribution in [3.63, 3.8) is 0 Å². The van der Waals surface area contributed by atoms with Gasteiger partial charge in [0.05, 0.1) is 26.2 Å².